The van der Waals surface area contributed by atoms with Crippen LogP contribution in [0.3, 0.4) is 0 Å². The van der Waals surface area contributed by atoms with Crippen molar-refractivity contribution < 1.29 is 21.6 Å². The summed E-state index contributed by atoms with van der Waals surface area (Å²) in [5.74, 6) is -1.42. The second-order valence-electron chi connectivity index (χ2n) is 5.21. The average Bonchev–Trinajstić information content (AvgIpc) is 3.07. The van der Waals surface area contributed by atoms with Gasteiger partial charge >= 0.3 is 0 Å². The monoisotopic (exact) mass is 384 g/mol. The first-order valence-electron chi connectivity index (χ1n) is 6.90. The van der Waals surface area contributed by atoms with E-state index in [4.69, 9.17) is 21.2 Å². The summed E-state index contributed by atoms with van der Waals surface area (Å²) in [5, 5.41) is 5.10. The number of hydrogen-bond acceptors (Lipinski definition) is 4. The number of sulfonamides is 1. The second-order valence-corrected chi connectivity index (χ2v) is 7.29. The Morgan fingerprint density at radius 3 is 2.36 bits per heavy atom. The van der Waals surface area contributed by atoms with Crippen molar-refractivity contribution in [1.82, 2.24) is 4.98 Å². The normalized spacial score (nSPS) is 14.2. The minimum Gasteiger partial charge on any atom is -0.451 e. The van der Waals surface area contributed by atoms with Crippen LogP contribution in [-0.2, 0) is 14.8 Å². The zero-order chi connectivity index (χ0) is 18.2. The van der Waals surface area contributed by atoms with Crippen molar-refractivity contribution in [3.05, 3.63) is 88.6 Å². The highest BCUT2D eigenvalue weighted by Gasteiger charge is 2.50. The quantitative estimate of drug-likeness (QED) is 0.748. The lowest BCUT2D eigenvalue weighted by molar-refractivity contribution is 0.549. The first-order chi connectivity index (χ1) is 11.8. The molecule has 3 aromatic rings. The predicted molar refractivity (Wildman–Crippen MR) is 87.3 cm³/mol. The molecule has 0 saturated carbocycles. The molecule has 5 nitrogen and oxygen atoms in total. The van der Waals surface area contributed by atoms with Crippen molar-refractivity contribution in [3.8, 4) is 0 Å². The summed E-state index contributed by atoms with van der Waals surface area (Å²) in [7, 11) is -4.50. The minimum atomic E-state index is -4.50. The molecule has 1 unspecified atom stereocenters. The highest BCUT2D eigenvalue weighted by Crippen LogP contribution is 2.45. The first-order valence-corrected chi connectivity index (χ1v) is 8.82. The Kier molecular flexibility index (Phi) is 4.36. The number of nitrogens with zero attached hydrogens (tertiary/aromatic N) is 1. The van der Waals surface area contributed by atoms with E-state index in [0.29, 0.717) is 0 Å². The summed E-state index contributed by atoms with van der Waals surface area (Å²) in [6, 6.07) is 8.23. The van der Waals surface area contributed by atoms with Gasteiger partial charge in [-0.25, -0.2) is 27.3 Å². The number of rotatable bonds is 4. The summed E-state index contributed by atoms with van der Waals surface area (Å²) in [6.45, 7) is 0. The Balaban J connectivity index is 2.51. The Hall–Kier alpha value is -2.29. The van der Waals surface area contributed by atoms with Crippen LogP contribution in [-0.4, -0.2) is 13.4 Å². The summed E-state index contributed by atoms with van der Waals surface area (Å²) in [4.78, 5) is 3.90. The largest absolute Gasteiger partial charge is 0.451 e. The maximum atomic E-state index is 14.0. The number of benzene rings is 2. The van der Waals surface area contributed by atoms with Crippen LogP contribution in [0.5, 0.6) is 0 Å². The molecule has 0 aliphatic rings. The molecule has 9 heteroatoms. The topological polar surface area (TPSA) is 86.2 Å². The van der Waals surface area contributed by atoms with Gasteiger partial charge in [0.25, 0.3) is 0 Å². The van der Waals surface area contributed by atoms with Crippen molar-refractivity contribution in [1.29, 1.82) is 0 Å². The number of halogens is 3. The van der Waals surface area contributed by atoms with E-state index in [1.807, 2.05) is 0 Å². The smallest absolute Gasteiger partial charge is 0.229 e. The summed E-state index contributed by atoms with van der Waals surface area (Å²) >= 11 is 6.05. The predicted octanol–water partition coefficient (Wildman–Crippen LogP) is 3.19. The molecule has 1 atom stereocenters. The third-order valence-electron chi connectivity index (χ3n) is 3.80. The van der Waals surface area contributed by atoms with Crippen LogP contribution < -0.4 is 5.14 Å². The van der Waals surface area contributed by atoms with Crippen molar-refractivity contribution in [2.75, 3.05) is 0 Å². The highest BCUT2D eigenvalue weighted by atomic mass is 35.5. The molecule has 0 spiro atoms. The molecule has 0 aliphatic carbocycles. The zero-order valence-electron chi connectivity index (χ0n) is 12.5. The fourth-order valence-corrected chi connectivity index (χ4v) is 4.41. The summed E-state index contributed by atoms with van der Waals surface area (Å²) in [6.07, 6.45) is 2.07. The molecule has 0 bridgehead atoms. The molecule has 2 N–H and O–H groups in total. The van der Waals surface area contributed by atoms with E-state index in [1.165, 1.54) is 24.3 Å². The molecule has 1 aromatic heterocycles. The Morgan fingerprint density at radius 1 is 1.12 bits per heavy atom. The molecule has 130 valence electrons. The van der Waals surface area contributed by atoms with Crippen LogP contribution in [0.2, 0.25) is 5.02 Å². The number of nitrogens with two attached hydrogens (primary N) is 1. The first kappa shape index (κ1) is 17.5. The van der Waals surface area contributed by atoms with Gasteiger partial charge in [0.2, 0.25) is 10.0 Å². The van der Waals surface area contributed by atoms with Gasteiger partial charge in [0.15, 0.2) is 11.1 Å². The number of aromatic nitrogens is 1. The molecule has 2 aromatic carbocycles. The number of oxazole rings is 1. The van der Waals surface area contributed by atoms with E-state index in [0.717, 1.165) is 30.9 Å². The molecule has 0 fully saturated rings. The van der Waals surface area contributed by atoms with Gasteiger partial charge in [-0.1, -0.05) is 35.9 Å². The third kappa shape index (κ3) is 2.72. The molecule has 0 aliphatic heterocycles. The van der Waals surface area contributed by atoms with Crippen molar-refractivity contribution in [2.45, 2.75) is 4.75 Å². The van der Waals surface area contributed by atoms with E-state index in [1.54, 1.807) is 0 Å². The lowest BCUT2D eigenvalue weighted by Gasteiger charge is -2.31. The van der Waals surface area contributed by atoms with Crippen LogP contribution in [0.4, 0.5) is 8.78 Å². The van der Waals surface area contributed by atoms with Crippen LogP contribution in [0.1, 0.15) is 16.8 Å². The van der Waals surface area contributed by atoms with Gasteiger partial charge in [0.1, 0.15) is 23.6 Å². The summed E-state index contributed by atoms with van der Waals surface area (Å²) in [5.41, 5.74) is -0.246. The molecule has 25 heavy (non-hydrogen) atoms. The SMILES string of the molecule is NS(=O)(=O)C(c1ccc(F)cc1)(c1cocn1)c1cccc(F)c1Cl. The molecule has 1 heterocycles. The fraction of sp³-hybridized carbons (Fsp3) is 0.0625. The van der Waals surface area contributed by atoms with Crippen molar-refractivity contribution in [2.24, 2.45) is 5.14 Å². The Morgan fingerprint density at radius 2 is 1.80 bits per heavy atom. The molecule has 0 saturated heterocycles. The van der Waals surface area contributed by atoms with E-state index in [-0.39, 0.29) is 16.8 Å². The van der Waals surface area contributed by atoms with E-state index >= 15 is 0 Å². The second kappa shape index (κ2) is 6.21. The van der Waals surface area contributed by atoms with Gasteiger partial charge < -0.3 is 4.42 Å². The Labute approximate surface area is 147 Å². The fourth-order valence-electron chi connectivity index (χ4n) is 2.75. The van der Waals surface area contributed by atoms with Crippen molar-refractivity contribution in [3.63, 3.8) is 0 Å². The third-order valence-corrected chi connectivity index (χ3v) is 5.70. The Bertz CT molecular complexity index is 1010. The van der Waals surface area contributed by atoms with E-state index in [2.05, 4.69) is 4.98 Å². The number of primary sulfonamides is 1. The van der Waals surface area contributed by atoms with Crippen molar-refractivity contribution >= 4 is 21.6 Å². The molecular weight excluding hydrogens is 374 g/mol. The maximum Gasteiger partial charge on any atom is 0.229 e. The van der Waals surface area contributed by atoms with Gasteiger partial charge in [-0.15, -0.1) is 0 Å². The van der Waals surface area contributed by atoms with Crippen LogP contribution in [0.25, 0.3) is 0 Å². The van der Waals surface area contributed by atoms with Gasteiger partial charge in [-0.05, 0) is 23.8 Å². The zero-order valence-corrected chi connectivity index (χ0v) is 14.1. The van der Waals surface area contributed by atoms with Gasteiger partial charge in [-0.3, -0.25) is 0 Å². The van der Waals surface area contributed by atoms with Gasteiger partial charge in [0, 0.05) is 5.56 Å². The number of hydrogen-bond donors (Lipinski definition) is 1. The molecular formula is C16H11ClF2N2O3S. The standard InChI is InChI=1S/C16H11ClF2N2O3S/c17-15-12(2-1-3-13(15)19)16(25(20,22)23,14-8-24-9-21-14)10-4-6-11(18)7-5-10/h1-9H,(H2,20,22,23). The lowest BCUT2D eigenvalue weighted by atomic mass is 9.87. The van der Waals surface area contributed by atoms with Crippen LogP contribution in [0.15, 0.2) is 59.5 Å². The van der Waals surface area contributed by atoms with Crippen LogP contribution in [0, 0.1) is 11.6 Å². The van der Waals surface area contributed by atoms with Gasteiger partial charge in [0.05, 0.1) is 5.02 Å². The summed E-state index contributed by atoms with van der Waals surface area (Å²) < 4.78 is 55.6. The van der Waals surface area contributed by atoms with Gasteiger partial charge in [-0.2, -0.15) is 0 Å². The molecule has 0 radical (unpaired) electrons. The molecule has 3 rings (SSSR count). The lowest BCUT2D eigenvalue weighted by Crippen LogP contribution is -2.43. The van der Waals surface area contributed by atoms with E-state index in [9.17, 15) is 17.2 Å². The minimum absolute atomic E-state index is 0.0396. The molecule has 0 amide bonds. The van der Waals surface area contributed by atoms with Crippen LogP contribution >= 0.6 is 11.6 Å². The van der Waals surface area contributed by atoms with E-state index < -0.39 is 31.4 Å². The average molecular weight is 385 g/mol. The maximum absolute atomic E-state index is 14.0. The highest BCUT2D eigenvalue weighted by molar-refractivity contribution is 7.90.